The molecule has 0 unspecified atom stereocenters. The zero-order valence-corrected chi connectivity index (χ0v) is 3.13. The summed E-state index contributed by atoms with van der Waals surface area (Å²) in [6.45, 7) is 4.41. The smallest absolute Gasteiger partial charge is 0.222 e. The van der Waals surface area contributed by atoms with Crippen molar-refractivity contribution in [2.45, 2.75) is 0 Å². The van der Waals surface area contributed by atoms with E-state index in [9.17, 15) is 10.1 Å². The minimum absolute atomic E-state index is 0.250. The third-order valence-electron chi connectivity index (χ3n) is 0.254. The summed E-state index contributed by atoms with van der Waals surface area (Å²) in [5.74, 6) is 0. The van der Waals surface area contributed by atoms with Crippen LogP contribution in [0.3, 0.4) is 0 Å². The summed E-state index contributed by atoms with van der Waals surface area (Å²) < 4.78 is 0. The SMILES string of the molecule is [CH]=CC[N+](=O)[O-]. The van der Waals surface area contributed by atoms with Gasteiger partial charge in [0.2, 0.25) is 6.54 Å². The first-order valence-corrected chi connectivity index (χ1v) is 1.42. The molecule has 0 saturated heterocycles. The third kappa shape index (κ3) is 3.14. The van der Waals surface area contributed by atoms with Crippen LogP contribution in [0.4, 0.5) is 0 Å². The standard InChI is InChI=1S/C3H4NO2/c1-2-3-4(5)6/h1-2H,3H2. The molecule has 3 heteroatoms. The first-order chi connectivity index (χ1) is 2.77. The van der Waals surface area contributed by atoms with Gasteiger partial charge in [-0.3, -0.25) is 10.1 Å². The van der Waals surface area contributed by atoms with Crippen molar-refractivity contribution in [1.29, 1.82) is 0 Å². The summed E-state index contributed by atoms with van der Waals surface area (Å²) in [6, 6.07) is 0. The molecule has 0 aliphatic carbocycles. The highest BCUT2D eigenvalue weighted by Gasteiger charge is 1.81. The predicted octanol–water partition coefficient (Wildman–Crippen LogP) is 0.252. The van der Waals surface area contributed by atoms with Crippen LogP contribution in [0, 0.1) is 16.7 Å². The van der Waals surface area contributed by atoms with E-state index in [1.807, 2.05) is 0 Å². The summed E-state index contributed by atoms with van der Waals surface area (Å²) >= 11 is 0. The van der Waals surface area contributed by atoms with Crippen molar-refractivity contribution in [3.63, 3.8) is 0 Å². The Morgan fingerprint density at radius 3 is 2.50 bits per heavy atom. The Morgan fingerprint density at radius 1 is 2.00 bits per heavy atom. The third-order valence-corrected chi connectivity index (χ3v) is 0.254. The molecule has 0 heterocycles. The van der Waals surface area contributed by atoms with E-state index in [1.165, 1.54) is 0 Å². The van der Waals surface area contributed by atoms with E-state index in [0.717, 1.165) is 6.08 Å². The zero-order chi connectivity index (χ0) is 4.99. The molecule has 0 aromatic heterocycles. The van der Waals surface area contributed by atoms with Crippen LogP contribution in [-0.4, -0.2) is 11.5 Å². The van der Waals surface area contributed by atoms with Crippen molar-refractivity contribution in [1.82, 2.24) is 0 Å². The van der Waals surface area contributed by atoms with Gasteiger partial charge in [0, 0.05) is 4.92 Å². The van der Waals surface area contributed by atoms with E-state index < -0.39 is 4.92 Å². The van der Waals surface area contributed by atoms with E-state index in [-0.39, 0.29) is 6.54 Å². The molecule has 3 nitrogen and oxygen atoms in total. The second kappa shape index (κ2) is 2.38. The highest BCUT2D eigenvalue weighted by atomic mass is 16.6. The molecule has 0 aromatic carbocycles. The zero-order valence-electron chi connectivity index (χ0n) is 3.13. The predicted molar refractivity (Wildman–Crippen MR) is 20.7 cm³/mol. The van der Waals surface area contributed by atoms with E-state index in [0.29, 0.717) is 0 Å². The molecule has 0 fully saturated rings. The topological polar surface area (TPSA) is 43.1 Å². The van der Waals surface area contributed by atoms with Gasteiger partial charge in [0.15, 0.2) is 0 Å². The first kappa shape index (κ1) is 5.14. The van der Waals surface area contributed by atoms with E-state index in [2.05, 4.69) is 6.58 Å². The molecule has 0 atom stereocenters. The molecule has 0 aliphatic heterocycles. The summed E-state index contributed by atoms with van der Waals surface area (Å²) in [5.41, 5.74) is 0. The van der Waals surface area contributed by atoms with Crippen molar-refractivity contribution < 1.29 is 4.92 Å². The lowest BCUT2D eigenvalue weighted by Gasteiger charge is -1.76. The molecule has 0 N–H and O–H groups in total. The minimum Gasteiger partial charge on any atom is -0.264 e. The summed E-state index contributed by atoms with van der Waals surface area (Å²) in [5, 5.41) is 9.29. The Balaban J connectivity index is 3.05. The molecule has 0 bridgehead atoms. The average molecular weight is 86.1 g/mol. The van der Waals surface area contributed by atoms with Crippen molar-refractivity contribution in [2.24, 2.45) is 0 Å². The quantitative estimate of drug-likeness (QED) is 0.357. The van der Waals surface area contributed by atoms with Gasteiger partial charge in [-0.05, 0) is 6.08 Å². The Kier molecular flexibility index (Phi) is 2.04. The molecule has 1 radical (unpaired) electrons. The second-order valence-corrected chi connectivity index (χ2v) is 0.751. The lowest BCUT2D eigenvalue weighted by atomic mass is 10.7. The Morgan fingerprint density at radius 2 is 2.50 bits per heavy atom. The van der Waals surface area contributed by atoms with Gasteiger partial charge in [0.1, 0.15) is 0 Å². The molecule has 33 valence electrons. The normalized spacial score (nSPS) is 7.33. The fraction of sp³-hybridized carbons (Fsp3) is 0.333. The van der Waals surface area contributed by atoms with Gasteiger partial charge in [0.05, 0.1) is 0 Å². The second-order valence-electron chi connectivity index (χ2n) is 0.751. The lowest BCUT2D eigenvalue weighted by molar-refractivity contribution is -0.468. The van der Waals surface area contributed by atoms with Crippen LogP contribution in [-0.2, 0) is 0 Å². The van der Waals surface area contributed by atoms with E-state index >= 15 is 0 Å². The molecule has 0 aliphatic rings. The maximum Gasteiger partial charge on any atom is 0.222 e. The van der Waals surface area contributed by atoms with Crippen molar-refractivity contribution in [3.8, 4) is 0 Å². The lowest BCUT2D eigenvalue weighted by Crippen LogP contribution is -1.94. The molecular formula is C3H4NO2. The fourth-order valence-corrected chi connectivity index (χ4v) is 0.0861. The van der Waals surface area contributed by atoms with Gasteiger partial charge in [-0.1, -0.05) is 6.58 Å². The van der Waals surface area contributed by atoms with Gasteiger partial charge < -0.3 is 0 Å². The average Bonchev–Trinajstić information content (AvgIpc) is 1.35. The number of nitrogens with zero attached hydrogens (tertiary/aromatic N) is 1. The molecule has 0 amide bonds. The Hall–Kier alpha value is -0.860. The van der Waals surface area contributed by atoms with Crippen molar-refractivity contribution in [3.05, 3.63) is 22.8 Å². The fourth-order valence-electron chi connectivity index (χ4n) is 0.0861. The van der Waals surface area contributed by atoms with Crippen LogP contribution < -0.4 is 0 Å². The van der Waals surface area contributed by atoms with E-state index in [4.69, 9.17) is 0 Å². The highest BCUT2D eigenvalue weighted by Crippen LogP contribution is 1.63. The largest absolute Gasteiger partial charge is 0.264 e. The minimum atomic E-state index is -0.500. The van der Waals surface area contributed by atoms with E-state index in [1.54, 1.807) is 0 Å². The van der Waals surface area contributed by atoms with Crippen molar-refractivity contribution in [2.75, 3.05) is 6.54 Å². The summed E-state index contributed by atoms with van der Waals surface area (Å²) in [4.78, 5) is 8.79. The number of rotatable bonds is 2. The number of nitro groups is 1. The van der Waals surface area contributed by atoms with Gasteiger partial charge in [-0.15, -0.1) is 0 Å². The van der Waals surface area contributed by atoms with Crippen LogP contribution in [0.25, 0.3) is 0 Å². The summed E-state index contributed by atoms with van der Waals surface area (Å²) in [6.07, 6.45) is 1.00. The Bertz CT molecular complexity index is 69.2. The number of hydrogen-bond donors (Lipinski definition) is 0. The van der Waals surface area contributed by atoms with Gasteiger partial charge in [0.25, 0.3) is 0 Å². The molecule has 6 heavy (non-hydrogen) atoms. The van der Waals surface area contributed by atoms with Gasteiger partial charge in [-0.25, -0.2) is 0 Å². The number of hydrogen-bond acceptors (Lipinski definition) is 2. The van der Waals surface area contributed by atoms with Gasteiger partial charge >= 0.3 is 0 Å². The van der Waals surface area contributed by atoms with Crippen LogP contribution in [0.1, 0.15) is 0 Å². The summed E-state index contributed by atoms with van der Waals surface area (Å²) in [7, 11) is 0. The first-order valence-electron chi connectivity index (χ1n) is 1.42. The van der Waals surface area contributed by atoms with Gasteiger partial charge in [-0.2, -0.15) is 0 Å². The monoisotopic (exact) mass is 86.0 g/mol. The highest BCUT2D eigenvalue weighted by molar-refractivity contribution is 4.57. The van der Waals surface area contributed by atoms with Crippen LogP contribution >= 0.6 is 0 Å². The molecule has 0 saturated carbocycles. The maximum absolute atomic E-state index is 9.29. The molecular weight excluding hydrogens is 82.0 g/mol. The van der Waals surface area contributed by atoms with Crippen LogP contribution in [0.15, 0.2) is 6.08 Å². The van der Waals surface area contributed by atoms with Crippen LogP contribution in [0.2, 0.25) is 0 Å². The Labute approximate surface area is 35.4 Å². The molecule has 0 aromatic rings. The van der Waals surface area contributed by atoms with Crippen LogP contribution in [0.5, 0.6) is 0 Å². The maximum atomic E-state index is 9.29. The molecule has 0 rings (SSSR count). The molecule has 0 spiro atoms. The van der Waals surface area contributed by atoms with Crippen molar-refractivity contribution >= 4 is 0 Å².